The Kier molecular flexibility index (Phi) is 7.91. The van der Waals surface area contributed by atoms with Gasteiger partial charge in [-0.3, -0.25) is 14.5 Å². The summed E-state index contributed by atoms with van der Waals surface area (Å²) >= 11 is 0. The second-order valence-electron chi connectivity index (χ2n) is 10.7. The third kappa shape index (κ3) is 7.36. The van der Waals surface area contributed by atoms with E-state index >= 15 is 0 Å². The average Bonchev–Trinajstić information content (AvgIpc) is 2.58. The molecule has 0 aromatic rings. The zero-order chi connectivity index (χ0) is 20.9. The third-order valence-corrected chi connectivity index (χ3v) is 6.00. The molecule has 0 bridgehead atoms. The fourth-order valence-electron chi connectivity index (χ4n) is 4.56. The van der Waals surface area contributed by atoms with Crippen molar-refractivity contribution in [3.8, 4) is 0 Å². The Balaban J connectivity index is 1.74. The van der Waals surface area contributed by atoms with Gasteiger partial charge in [0, 0.05) is 37.8 Å². The smallest absolute Gasteiger partial charge is 0.236 e. The first-order chi connectivity index (χ1) is 13.0. The highest BCUT2D eigenvalue weighted by Crippen LogP contribution is 2.37. The average molecular weight is 395 g/mol. The molecule has 2 amide bonds. The Morgan fingerprint density at radius 1 is 0.929 bits per heavy atom. The van der Waals surface area contributed by atoms with E-state index in [0.29, 0.717) is 38.1 Å². The van der Waals surface area contributed by atoms with Crippen LogP contribution in [0.25, 0.3) is 0 Å². The van der Waals surface area contributed by atoms with Crippen LogP contribution in [0, 0.1) is 11.3 Å². The van der Waals surface area contributed by atoms with Gasteiger partial charge in [0.15, 0.2) is 0 Å². The van der Waals surface area contributed by atoms with Crippen molar-refractivity contribution >= 4 is 11.8 Å². The van der Waals surface area contributed by atoms with Crippen LogP contribution in [0.15, 0.2) is 0 Å². The summed E-state index contributed by atoms with van der Waals surface area (Å²) in [6.45, 7) is 16.7. The predicted octanol–water partition coefficient (Wildman–Crippen LogP) is 2.24. The molecule has 1 aliphatic carbocycles. The Morgan fingerprint density at radius 2 is 1.54 bits per heavy atom. The van der Waals surface area contributed by atoms with Gasteiger partial charge in [0.1, 0.15) is 0 Å². The maximum absolute atomic E-state index is 12.7. The molecular formula is C22H42N4O2. The van der Waals surface area contributed by atoms with Gasteiger partial charge in [-0.05, 0) is 44.9 Å². The maximum Gasteiger partial charge on any atom is 0.236 e. The highest BCUT2D eigenvalue weighted by Gasteiger charge is 2.34. The molecule has 2 N–H and O–H groups in total. The van der Waals surface area contributed by atoms with Crippen molar-refractivity contribution in [1.82, 2.24) is 20.4 Å². The second kappa shape index (κ2) is 9.57. The standard InChI is InChI=1S/C22H42N4O2/c1-21(2,3)17-9-7-8-10-18(17)23-15-20(28)26-13-11-25(12-14-26)16-19(27)24-22(4,5)6/h17-18,23H,7-16H2,1-6H3,(H,24,27). The normalized spacial score (nSPS) is 24.9. The quantitative estimate of drug-likeness (QED) is 0.751. The highest BCUT2D eigenvalue weighted by atomic mass is 16.2. The second-order valence-corrected chi connectivity index (χ2v) is 10.7. The Hall–Kier alpha value is -1.14. The van der Waals surface area contributed by atoms with Crippen LogP contribution in [-0.2, 0) is 9.59 Å². The van der Waals surface area contributed by atoms with E-state index in [4.69, 9.17) is 0 Å². The lowest BCUT2D eigenvalue weighted by Gasteiger charge is -2.41. The summed E-state index contributed by atoms with van der Waals surface area (Å²) in [7, 11) is 0. The fraction of sp³-hybridized carbons (Fsp3) is 0.909. The topological polar surface area (TPSA) is 64.7 Å². The number of nitrogens with zero attached hydrogens (tertiary/aromatic N) is 2. The number of amides is 2. The summed E-state index contributed by atoms with van der Waals surface area (Å²) in [5, 5.41) is 6.58. The largest absolute Gasteiger partial charge is 0.350 e. The Bertz CT molecular complexity index is 528. The molecule has 2 aliphatic rings. The van der Waals surface area contributed by atoms with Gasteiger partial charge in [-0.25, -0.2) is 0 Å². The number of rotatable bonds is 5. The van der Waals surface area contributed by atoms with Crippen molar-refractivity contribution < 1.29 is 9.59 Å². The van der Waals surface area contributed by atoms with E-state index in [-0.39, 0.29) is 22.8 Å². The zero-order valence-corrected chi connectivity index (χ0v) is 18.9. The molecule has 1 saturated heterocycles. The number of hydrogen-bond donors (Lipinski definition) is 2. The molecule has 0 radical (unpaired) electrons. The van der Waals surface area contributed by atoms with Crippen molar-refractivity contribution in [2.24, 2.45) is 11.3 Å². The van der Waals surface area contributed by atoms with Gasteiger partial charge in [0.2, 0.25) is 11.8 Å². The molecule has 2 unspecified atom stereocenters. The van der Waals surface area contributed by atoms with Gasteiger partial charge in [-0.15, -0.1) is 0 Å². The molecule has 0 aromatic heterocycles. The summed E-state index contributed by atoms with van der Waals surface area (Å²) in [4.78, 5) is 28.8. The summed E-state index contributed by atoms with van der Waals surface area (Å²) in [5.74, 6) is 0.878. The lowest BCUT2D eigenvalue weighted by Crippen LogP contribution is -2.55. The first-order valence-corrected chi connectivity index (χ1v) is 11.0. The van der Waals surface area contributed by atoms with Crippen LogP contribution in [0.1, 0.15) is 67.2 Å². The fourth-order valence-corrected chi connectivity index (χ4v) is 4.56. The van der Waals surface area contributed by atoms with Gasteiger partial charge in [0.25, 0.3) is 0 Å². The van der Waals surface area contributed by atoms with Crippen molar-refractivity contribution in [2.45, 2.75) is 78.8 Å². The molecular weight excluding hydrogens is 352 g/mol. The van der Waals surface area contributed by atoms with E-state index in [0.717, 1.165) is 13.1 Å². The summed E-state index contributed by atoms with van der Waals surface area (Å²) in [6.07, 6.45) is 4.99. The molecule has 0 aromatic carbocycles. The minimum Gasteiger partial charge on any atom is -0.350 e. The van der Waals surface area contributed by atoms with E-state index in [2.05, 4.69) is 36.3 Å². The molecule has 2 rings (SSSR count). The maximum atomic E-state index is 12.7. The van der Waals surface area contributed by atoms with Crippen LogP contribution < -0.4 is 10.6 Å². The van der Waals surface area contributed by atoms with Crippen LogP contribution in [-0.4, -0.2) is 72.5 Å². The van der Waals surface area contributed by atoms with Gasteiger partial charge in [-0.2, -0.15) is 0 Å². The number of nitrogens with one attached hydrogen (secondary N) is 2. The number of piperazine rings is 1. The number of carbonyl (C=O) groups excluding carboxylic acids is 2. The monoisotopic (exact) mass is 394 g/mol. The van der Waals surface area contributed by atoms with E-state index in [1.165, 1.54) is 25.7 Å². The zero-order valence-electron chi connectivity index (χ0n) is 18.9. The van der Waals surface area contributed by atoms with E-state index in [9.17, 15) is 9.59 Å². The first-order valence-electron chi connectivity index (χ1n) is 11.0. The molecule has 6 nitrogen and oxygen atoms in total. The lowest BCUT2D eigenvalue weighted by molar-refractivity contribution is -0.132. The van der Waals surface area contributed by atoms with Gasteiger partial charge in [0.05, 0.1) is 13.1 Å². The van der Waals surface area contributed by atoms with Crippen molar-refractivity contribution in [1.29, 1.82) is 0 Å². The van der Waals surface area contributed by atoms with Crippen LogP contribution in [0.5, 0.6) is 0 Å². The van der Waals surface area contributed by atoms with Gasteiger partial charge >= 0.3 is 0 Å². The van der Waals surface area contributed by atoms with E-state index in [1.54, 1.807) is 0 Å². The Morgan fingerprint density at radius 3 is 2.11 bits per heavy atom. The van der Waals surface area contributed by atoms with Gasteiger partial charge < -0.3 is 15.5 Å². The molecule has 2 fully saturated rings. The van der Waals surface area contributed by atoms with Crippen molar-refractivity contribution in [3.63, 3.8) is 0 Å². The lowest BCUT2D eigenvalue weighted by atomic mass is 9.69. The SMILES string of the molecule is CC(C)(C)NC(=O)CN1CCN(C(=O)CNC2CCCCC2C(C)(C)C)CC1. The molecule has 162 valence electrons. The minimum atomic E-state index is -0.204. The summed E-state index contributed by atoms with van der Waals surface area (Å²) < 4.78 is 0. The van der Waals surface area contributed by atoms with Crippen molar-refractivity contribution in [2.75, 3.05) is 39.3 Å². The number of hydrogen-bond acceptors (Lipinski definition) is 4. The highest BCUT2D eigenvalue weighted by molar-refractivity contribution is 5.79. The Labute approximate surface area is 171 Å². The first kappa shape index (κ1) is 23.1. The molecule has 2 atom stereocenters. The van der Waals surface area contributed by atoms with Crippen LogP contribution in [0.2, 0.25) is 0 Å². The molecule has 1 aliphatic heterocycles. The molecule has 1 saturated carbocycles. The molecule has 28 heavy (non-hydrogen) atoms. The summed E-state index contributed by atoms with van der Waals surface area (Å²) in [5.41, 5.74) is 0.0744. The van der Waals surface area contributed by atoms with Crippen LogP contribution >= 0.6 is 0 Å². The molecule has 6 heteroatoms. The van der Waals surface area contributed by atoms with Crippen LogP contribution in [0.3, 0.4) is 0 Å². The number of carbonyl (C=O) groups is 2. The van der Waals surface area contributed by atoms with E-state index < -0.39 is 0 Å². The third-order valence-electron chi connectivity index (χ3n) is 6.00. The van der Waals surface area contributed by atoms with Gasteiger partial charge in [-0.1, -0.05) is 33.6 Å². The predicted molar refractivity (Wildman–Crippen MR) is 114 cm³/mol. The molecule has 1 heterocycles. The van der Waals surface area contributed by atoms with Crippen LogP contribution in [0.4, 0.5) is 0 Å². The minimum absolute atomic E-state index is 0.0551. The van der Waals surface area contributed by atoms with Crippen molar-refractivity contribution in [3.05, 3.63) is 0 Å². The summed E-state index contributed by atoms with van der Waals surface area (Å²) in [6, 6.07) is 0.445. The van der Waals surface area contributed by atoms with E-state index in [1.807, 2.05) is 25.7 Å². The molecule has 0 spiro atoms.